The average molecular weight is 905 g/mol. The lowest BCUT2D eigenvalue weighted by atomic mass is 10.1. The number of rotatable bonds is 45. The Bertz CT molecular complexity index is 1320. The molecule has 0 saturated heterocycles. The number of unbranched alkanes of at least 4 members (excludes halogenated alkanes) is 17. The highest BCUT2D eigenvalue weighted by Gasteiger charge is 2.27. The first-order chi connectivity index (χ1) is 30.8. The highest BCUT2D eigenvalue weighted by molar-refractivity contribution is 7.47. The summed E-state index contributed by atoms with van der Waals surface area (Å²) in [5, 5.41) is 19.2. The predicted octanol–water partition coefficient (Wildman–Crippen LogP) is 13.8. The van der Waals surface area contributed by atoms with Crippen LogP contribution < -0.4 is 0 Å². The molecule has 0 heterocycles. The van der Waals surface area contributed by atoms with E-state index in [9.17, 15) is 29.3 Å². The fourth-order valence-electron chi connectivity index (χ4n) is 6.35. The Hall–Kier alpha value is -2.85. The highest BCUT2D eigenvalue weighted by atomic mass is 31.2. The van der Waals surface area contributed by atoms with Gasteiger partial charge in [0.05, 0.1) is 26.4 Å². The molecule has 0 saturated carbocycles. The molecular weight excluding hydrogens is 816 g/mol. The van der Waals surface area contributed by atoms with E-state index in [0.717, 1.165) is 103 Å². The Morgan fingerprint density at radius 3 is 1.08 bits per heavy atom. The number of allylic oxidation sites excluding steroid dienone is 14. The quantitative estimate of drug-likeness (QED) is 0.0233. The highest BCUT2D eigenvalue weighted by Crippen LogP contribution is 2.43. The van der Waals surface area contributed by atoms with Crippen molar-refractivity contribution in [3.63, 3.8) is 0 Å². The van der Waals surface area contributed by atoms with Crippen LogP contribution in [0.2, 0.25) is 0 Å². The number of hydrogen-bond acceptors (Lipinski definition) is 9. The van der Waals surface area contributed by atoms with Crippen LogP contribution in [0.25, 0.3) is 0 Å². The van der Waals surface area contributed by atoms with Gasteiger partial charge in [0.25, 0.3) is 0 Å². The number of phosphoric ester groups is 1. The number of carbonyl (C=O) groups excluding carboxylic acids is 2. The van der Waals surface area contributed by atoms with Gasteiger partial charge in [-0.15, -0.1) is 0 Å². The number of aliphatic hydroxyl groups excluding tert-OH is 2. The molecule has 3 N–H and O–H groups in total. The van der Waals surface area contributed by atoms with E-state index in [1.165, 1.54) is 51.4 Å². The Labute approximate surface area is 383 Å². The van der Waals surface area contributed by atoms with Crippen molar-refractivity contribution in [1.29, 1.82) is 0 Å². The van der Waals surface area contributed by atoms with Crippen molar-refractivity contribution in [1.82, 2.24) is 0 Å². The van der Waals surface area contributed by atoms with E-state index in [1.807, 2.05) is 0 Å². The molecule has 0 fully saturated rings. The SMILES string of the molecule is CC/C=C\C/C=C\C/C=C\C/C=C\CCCCCCCCCCC(=O)OC(CO)COP(=O)(O)OCC(CO)OC(=O)CCCCCCCC/C=C\C/C=C\C/C=C\CCCCC. The van der Waals surface area contributed by atoms with E-state index in [1.54, 1.807) is 0 Å². The minimum atomic E-state index is -4.65. The zero-order valence-electron chi connectivity index (χ0n) is 39.5. The Morgan fingerprint density at radius 1 is 0.444 bits per heavy atom. The van der Waals surface area contributed by atoms with Crippen molar-refractivity contribution in [3.05, 3.63) is 85.1 Å². The van der Waals surface area contributed by atoms with Crippen molar-refractivity contribution in [3.8, 4) is 0 Å². The van der Waals surface area contributed by atoms with Crippen LogP contribution in [0.4, 0.5) is 0 Å². The van der Waals surface area contributed by atoms with Gasteiger partial charge in [-0.05, 0) is 89.9 Å². The van der Waals surface area contributed by atoms with Crippen LogP contribution in [0, 0.1) is 0 Å². The predicted molar refractivity (Wildman–Crippen MR) is 260 cm³/mol. The molecule has 3 unspecified atom stereocenters. The van der Waals surface area contributed by atoms with E-state index >= 15 is 0 Å². The molecule has 0 spiro atoms. The van der Waals surface area contributed by atoms with E-state index in [0.29, 0.717) is 12.8 Å². The first-order valence-electron chi connectivity index (χ1n) is 24.5. The molecular formula is C52H89O10P. The second-order valence-electron chi connectivity index (χ2n) is 16.1. The van der Waals surface area contributed by atoms with E-state index < -0.39 is 58.4 Å². The van der Waals surface area contributed by atoms with Gasteiger partial charge in [-0.25, -0.2) is 4.57 Å². The number of esters is 2. The lowest BCUT2D eigenvalue weighted by Crippen LogP contribution is -2.28. The van der Waals surface area contributed by atoms with Gasteiger partial charge in [-0.1, -0.05) is 176 Å². The van der Waals surface area contributed by atoms with Gasteiger partial charge in [0.15, 0.2) is 0 Å². The summed E-state index contributed by atoms with van der Waals surface area (Å²) in [6, 6.07) is 0. The Balaban J connectivity index is 3.91. The van der Waals surface area contributed by atoms with Crippen LogP contribution in [0.3, 0.4) is 0 Å². The van der Waals surface area contributed by atoms with Crippen LogP contribution in [0.5, 0.6) is 0 Å². The van der Waals surface area contributed by atoms with Gasteiger partial charge >= 0.3 is 19.8 Å². The maximum Gasteiger partial charge on any atom is 0.472 e. The fraction of sp³-hybridized carbons (Fsp3) is 0.692. The molecule has 362 valence electrons. The second-order valence-corrected chi connectivity index (χ2v) is 17.5. The molecule has 11 heteroatoms. The number of aliphatic hydroxyl groups is 2. The normalized spacial score (nSPS) is 14.4. The maximum absolute atomic E-state index is 12.4. The summed E-state index contributed by atoms with van der Waals surface area (Å²) in [5.74, 6) is -1.04. The third-order valence-electron chi connectivity index (χ3n) is 10.1. The molecule has 0 aliphatic rings. The Kier molecular flexibility index (Phi) is 45.0. The summed E-state index contributed by atoms with van der Waals surface area (Å²) >= 11 is 0. The minimum absolute atomic E-state index is 0.173. The summed E-state index contributed by atoms with van der Waals surface area (Å²) in [5.41, 5.74) is 0. The summed E-state index contributed by atoms with van der Waals surface area (Å²) in [6.07, 6.45) is 56.9. The molecule has 10 nitrogen and oxygen atoms in total. The molecule has 0 aliphatic carbocycles. The van der Waals surface area contributed by atoms with E-state index in [2.05, 4.69) is 98.9 Å². The van der Waals surface area contributed by atoms with Crippen molar-refractivity contribution in [2.24, 2.45) is 0 Å². The zero-order valence-corrected chi connectivity index (χ0v) is 40.4. The summed E-state index contributed by atoms with van der Waals surface area (Å²) < 4.78 is 32.7. The number of ether oxygens (including phenoxy) is 2. The zero-order chi connectivity index (χ0) is 46.2. The van der Waals surface area contributed by atoms with Crippen LogP contribution in [-0.4, -0.2) is 65.7 Å². The maximum atomic E-state index is 12.4. The third kappa shape index (κ3) is 45.5. The van der Waals surface area contributed by atoms with Gasteiger partial charge in [0.2, 0.25) is 0 Å². The van der Waals surface area contributed by atoms with Crippen LogP contribution in [0.15, 0.2) is 85.1 Å². The van der Waals surface area contributed by atoms with E-state index in [-0.39, 0.29) is 12.8 Å². The van der Waals surface area contributed by atoms with E-state index in [4.69, 9.17) is 18.5 Å². The number of carbonyl (C=O) groups is 2. The molecule has 0 bridgehead atoms. The van der Waals surface area contributed by atoms with Crippen molar-refractivity contribution in [2.75, 3.05) is 26.4 Å². The number of phosphoric acid groups is 1. The van der Waals surface area contributed by atoms with Gasteiger partial charge < -0.3 is 24.6 Å². The lowest BCUT2D eigenvalue weighted by molar-refractivity contribution is -0.153. The molecule has 0 radical (unpaired) electrons. The second kappa shape index (κ2) is 47.1. The van der Waals surface area contributed by atoms with Crippen molar-refractivity contribution in [2.45, 2.75) is 206 Å². The first kappa shape index (κ1) is 60.2. The smallest absolute Gasteiger partial charge is 0.457 e. The minimum Gasteiger partial charge on any atom is -0.457 e. The van der Waals surface area contributed by atoms with Crippen LogP contribution >= 0.6 is 7.82 Å². The molecule has 0 amide bonds. The number of hydrogen-bond donors (Lipinski definition) is 3. The van der Waals surface area contributed by atoms with Crippen LogP contribution in [-0.2, 0) is 32.7 Å². The first-order valence-corrected chi connectivity index (χ1v) is 26.0. The van der Waals surface area contributed by atoms with Crippen molar-refractivity contribution < 1.29 is 47.8 Å². The van der Waals surface area contributed by atoms with Crippen molar-refractivity contribution >= 4 is 19.8 Å². The largest absolute Gasteiger partial charge is 0.472 e. The average Bonchev–Trinajstić information content (AvgIpc) is 3.27. The monoisotopic (exact) mass is 905 g/mol. The molecule has 63 heavy (non-hydrogen) atoms. The summed E-state index contributed by atoms with van der Waals surface area (Å²) in [4.78, 5) is 34.7. The fourth-order valence-corrected chi connectivity index (χ4v) is 7.13. The third-order valence-corrected chi connectivity index (χ3v) is 11.0. The summed E-state index contributed by atoms with van der Waals surface area (Å²) in [6.45, 7) is 2.05. The molecule has 0 rings (SSSR count). The molecule has 0 aromatic rings. The molecule has 0 aromatic heterocycles. The van der Waals surface area contributed by atoms with Gasteiger partial charge in [-0.3, -0.25) is 18.6 Å². The van der Waals surface area contributed by atoms with Gasteiger partial charge in [0.1, 0.15) is 12.2 Å². The Morgan fingerprint density at radius 2 is 0.746 bits per heavy atom. The van der Waals surface area contributed by atoms with Gasteiger partial charge in [-0.2, -0.15) is 0 Å². The molecule has 3 atom stereocenters. The van der Waals surface area contributed by atoms with Gasteiger partial charge in [0, 0.05) is 12.8 Å². The topological polar surface area (TPSA) is 149 Å². The summed E-state index contributed by atoms with van der Waals surface area (Å²) in [7, 11) is -4.65. The molecule has 0 aromatic carbocycles. The standard InChI is InChI=1S/C52H89O10P/c1-3-5-7-9-11-13-15-17-19-21-23-24-26-28-30-32-34-36-38-40-42-44-52(56)62-50(46-54)48-60-63(57,58)59-47-49(45-53)61-51(55)43-41-39-37-35-33-31-29-27-25-22-20-18-16-14-12-10-8-6-4-2/h5,7,11-14,17-20,23-25,27,49-50,53-54H,3-4,6,8-10,15-16,21-22,26,28-48H2,1-2H3,(H,57,58)/b7-5-,13-11-,14-12-,19-17-,20-18-,24-23-,27-25-. The van der Waals surface area contributed by atoms with Crippen LogP contribution in [0.1, 0.15) is 194 Å². The molecule has 0 aliphatic heterocycles. The lowest BCUT2D eigenvalue weighted by Gasteiger charge is -2.20.